The summed E-state index contributed by atoms with van der Waals surface area (Å²) in [5.74, 6) is 0. The highest BCUT2D eigenvalue weighted by Crippen LogP contribution is 2.54. The monoisotopic (exact) mass is 160 g/mol. The number of aliphatic hydroxyl groups excluding tert-OH is 3. The Morgan fingerprint density at radius 2 is 1.82 bits per heavy atom. The van der Waals surface area contributed by atoms with Gasteiger partial charge in [0.2, 0.25) is 0 Å². The minimum Gasteiger partial charge on any atom is -0.390 e. The summed E-state index contributed by atoms with van der Waals surface area (Å²) in [4.78, 5) is 0. The van der Waals surface area contributed by atoms with E-state index >= 15 is 0 Å². The average Bonchev–Trinajstić information content (AvgIpc) is 2.76. The van der Waals surface area contributed by atoms with Crippen molar-refractivity contribution in [1.29, 1.82) is 0 Å². The molecule has 1 saturated heterocycles. The SMILES string of the molecule is OC1COC(O)C2(CC2)C1O. The fourth-order valence-corrected chi connectivity index (χ4v) is 1.66. The average molecular weight is 160 g/mol. The summed E-state index contributed by atoms with van der Waals surface area (Å²) in [6.45, 7) is 0.0318. The van der Waals surface area contributed by atoms with Gasteiger partial charge >= 0.3 is 0 Å². The third kappa shape index (κ3) is 0.906. The van der Waals surface area contributed by atoms with Crippen LogP contribution in [0.4, 0.5) is 0 Å². The molecule has 1 spiro atoms. The van der Waals surface area contributed by atoms with Crippen LogP contribution in [-0.2, 0) is 4.74 Å². The normalized spacial score (nSPS) is 47.7. The fraction of sp³-hybridized carbons (Fsp3) is 1.00. The molecule has 0 aromatic carbocycles. The zero-order chi connectivity index (χ0) is 8.06. The molecule has 0 aromatic rings. The predicted octanol–water partition coefficient (Wildman–Crippen LogP) is -1.16. The molecule has 64 valence electrons. The molecular weight excluding hydrogens is 148 g/mol. The lowest BCUT2D eigenvalue weighted by molar-refractivity contribution is -0.241. The van der Waals surface area contributed by atoms with Gasteiger partial charge in [0.25, 0.3) is 0 Å². The smallest absolute Gasteiger partial charge is 0.162 e. The largest absolute Gasteiger partial charge is 0.390 e. The topological polar surface area (TPSA) is 69.9 Å². The van der Waals surface area contributed by atoms with Crippen molar-refractivity contribution in [1.82, 2.24) is 0 Å². The summed E-state index contributed by atoms with van der Waals surface area (Å²) in [7, 11) is 0. The first-order valence-electron chi connectivity index (χ1n) is 3.83. The number of aliphatic hydroxyl groups is 3. The van der Waals surface area contributed by atoms with Gasteiger partial charge in [-0.2, -0.15) is 0 Å². The van der Waals surface area contributed by atoms with Gasteiger partial charge in [0, 0.05) is 5.41 Å². The van der Waals surface area contributed by atoms with Crippen molar-refractivity contribution in [2.45, 2.75) is 31.3 Å². The van der Waals surface area contributed by atoms with Crippen LogP contribution < -0.4 is 0 Å². The summed E-state index contributed by atoms with van der Waals surface area (Å²) < 4.78 is 4.88. The van der Waals surface area contributed by atoms with Gasteiger partial charge in [-0.15, -0.1) is 0 Å². The maximum absolute atomic E-state index is 9.45. The van der Waals surface area contributed by atoms with Crippen LogP contribution >= 0.6 is 0 Å². The molecule has 0 radical (unpaired) electrons. The minimum absolute atomic E-state index is 0.0318. The van der Waals surface area contributed by atoms with Crippen molar-refractivity contribution in [2.75, 3.05) is 6.61 Å². The molecule has 3 unspecified atom stereocenters. The Hall–Kier alpha value is -0.160. The Labute approximate surface area is 64.4 Å². The van der Waals surface area contributed by atoms with Gasteiger partial charge < -0.3 is 20.1 Å². The number of ether oxygens (including phenoxy) is 1. The first-order valence-corrected chi connectivity index (χ1v) is 3.83. The molecule has 0 amide bonds. The van der Waals surface area contributed by atoms with Crippen LogP contribution in [-0.4, -0.2) is 40.4 Å². The van der Waals surface area contributed by atoms with E-state index < -0.39 is 23.9 Å². The van der Waals surface area contributed by atoms with Gasteiger partial charge in [-0.3, -0.25) is 0 Å². The second kappa shape index (κ2) is 2.17. The second-order valence-corrected chi connectivity index (χ2v) is 3.43. The Balaban J connectivity index is 2.14. The summed E-state index contributed by atoms with van der Waals surface area (Å²) in [5.41, 5.74) is -0.544. The standard InChI is InChI=1S/C7H12O4/c8-4-3-11-6(10)7(1-2-7)5(4)9/h4-6,8-10H,1-3H2. The van der Waals surface area contributed by atoms with Crippen molar-refractivity contribution in [3.05, 3.63) is 0 Å². The van der Waals surface area contributed by atoms with Gasteiger partial charge in [0.1, 0.15) is 6.10 Å². The molecule has 2 aliphatic rings. The molecule has 3 N–H and O–H groups in total. The van der Waals surface area contributed by atoms with Gasteiger partial charge in [0.05, 0.1) is 12.7 Å². The molecule has 1 aliphatic heterocycles. The highest BCUT2D eigenvalue weighted by Gasteiger charge is 2.59. The summed E-state index contributed by atoms with van der Waals surface area (Å²) >= 11 is 0. The summed E-state index contributed by atoms with van der Waals surface area (Å²) in [6, 6.07) is 0. The lowest BCUT2D eigenvalue weighted by Gasteiger charge is -2.35. The first-order chi connectivity index (χ1) is 5.17. The van der Waals surface area contributed by atoms with Crippen LogP contribution in [0.5, 0.6) is 0 Å². The molecule has 2 rings (SSSR count). The van der Waals surface area contributed by atoms with Crippen molar-refractivity contribution in [3.8, 4) is 0 Å². The van der Waals surface area contributed by atoms with Gasteiger partial charge in [-0.25, -0.2) is 0 Å². The lowest BCUT2D eigenvalue weighted by Crippen LogP contribution is -2.50. The van der Waals surface area contributed by atoms with Crippen LogP contribution in [0.15, 0.2) is 0 Å². The zero-order valence-corrected chi connectivity index (χ0v) is 6.10. The molecular formula is C7H12O4. The van der Waals surface area contributed by atoms with E-state index in [0.29, 0.717) is 0 Å². The van der Waals surface area contributed by atoms with E-state index in [1.807, 2.05) is 0 Å². The third-order valence-corrected chi connectivity index (χ3v) is 2.70. The maximum Gasteiger partial charge on any atom is 0.162 e. The zero-order valence-electron chi connectivity index (χ0n) is 6.10. The van der Waals surface area contributed by atoms with E-state index in [2.05, 4.69) is 0 Å². The lowest BCUT2D eigenvalue weighted by atomic mass is 9.92. The highest BCUT2D eigenvalue weighted by molar-refractivity contribution is 5.05. The highest BCUT2D eigenvalue weighted by atomic mass is 16.6. The summed E-state index contributed by atoms with van der Waals surface area (Å²) in [5, 5.41) is 27.9. The second-order valence-electron chi connectivity index (χ2n) is 3.43. The fourth-order valence-electron chi connectivity index (χ4n) is 1.66. The van der Waals surface area contributed by atoms with Gasteiger partial charge in [0.15, 0.2) is 6.29 Å². The van der Waals surface area contributed by atoms with E-state index in [-0.39, 0.29) is 6.61 Å². The molecule has 3 atom stereocenters. The van der Waals surface area contributed by atoms with Gasteiger partial charge in [-0.05, 0) is 12.8 Å². The van der Waals surface area contributed by atoms with E-state index in [4.69, 9.17) is 4.74 Å². The van der Waals surface area contributed by atoms with E-state index in [1.54, 1.807) is 0 Å². The molecule has 0 bridgehead atoms. The van der Waals surface area contributed by atoms with Crippen molar-refractivity contribution >= 4 is 0 Å². The van der Waals surface area contributed by atoms with Crippen LogP contribution in [0.1, 0.15) is 12.8 Å². The molecule has 1 heterocycles. The van der Waals surface area contributed by atoms with Crippen molar-refractivity contribution in [3.63, 3.8) is 0 Å². The number of hydrogen-bond donors (Lipinski definition) is 3. The van der Waals surface area contributed by atoms with Gasteiger partial charge in [-0.1, -0.05) is 0 Å². The molecule has 4 nitrogen and oxygen atoms in total. The summed E-state index contributed by atoms with van der Waals surface area (Å²) in [6.07, 6.45) is -1.05. The molecule has 4 heteroatoms. The van der Waals surface area contributed by atoms with Crippen LogP contribution in [0.2, 0.25) is 0 Å². The minimum atomic E-state index is -0.888. The first kappa shape index (κ1) is 7.49. The number of rotatable bonds is 0. The van der Waals surface area contributed by atoms with E-state index in [0.717, 1.165) is 12.8 Å². The van der Waals surface area contributed by atoms with Crippen molar-refractivity contribution in [2.24, 2.45) is 5.41 Å². The van der Waals surface area contributed by atoms with Crippen molar-refractivity contribution < 1.29 is 20.1 Å². The Kier molecular flexibility index (Phi) is 1.47. The Bertz CT molecular complexity index is 166. The number of hydrogen-bond acceptors (Lipinski definition) is 4. The molecule has 11 heavy (non-hydrogen) atoms. The quantitative estimate of drug-likeness (QED) is 0.418. The third-order valence-electron chi connectivity index (χ3n) is 2.70. The Morgan fingerprint density at radius 3 is 2.27 bits per heavy atom. The van der Waals surface area contributed by atoms with Crippen LogP contribution in [0.25, 0.3) is 0 Å². The van der Waals surface area contributed by atoms with E-state index in [9.17, 15) is 15.3 Å². The van der Waals surface area contributed by atoms with Crippen LogP contribution in [0, 0.1) is 5.41 Å². The molecule has 2 fully saturated rings. The predicted molar refractivity (Wildman–Crippen MR) is 35.6 cm³/mol. The molecule has 1 saturated carbocycles. The maximum atomic E-state index is 9.45. The molecule has 0 aromatic heterocycles. The Morgan fingerprint density at radius 1 is 1.18 bits per heavy atom. The molecule has 1 aliphatic carbocycles. The van der Waals surface area contributed by atoms with Crippen LogP contribution in [0.3, 0.4) is 0 Å². The van der Waals surface area contributed by atoms with E-state index in [1.165, 1.54) is 0 Å².